The predicted octanol–water partition coefficient (Wildman–Crippen LogP) is 2.46. The fourth-order valence-electron chi connectivity index (χ4n) is 4.40. The van der Waals surface area contributed by atoms with E-state index in [1.165, 1.54) is 11.3 Å². The Balaban J connectivity index is 1.41. The Morgan fingerprint density at radius 2 is 1.89 bits per heavy atom. The molecule has 1 aromatic heterocycles. The molecule has 1 fully saturated rings. The van der Waals surface area contributed by atoms with Crippen LogP contribution in [0.3, 0.4) is 0 Å². The molecule has 2 aromatic rings. The van der Waals surface area contributed by atoms with Crippen molar-refractivity contribution in [2.45, 2.75) is 57.8 Å². The monoisotopic (exact) mass is 403 g/mol. The van der Waals surface area contributed by atoms with Gasteiger partial charge in [-0.2, -0.15) is 9.82 Å². The van der Waals surface area contributed by atoms with Crippen molar-refractivity contribution in [1.82, 2.24) is 19.4 Å². The maximum atomic E-state index is 12.6. The number of anilines is 1. The first-order valence-electron chi connectivity index (χ1n) is 10.0. The zero-order chi connectivity index (χ0) is 19.9. The number of nitrogens with zero attached hydrogens (tertiary/aromatic N) is 3. The number of fused-ring (bicyclic) bond motifs is 1. The van der Waals surface area contributed by atoms with Crippen LogP contribution in [-0.4, -0.2) is 42.4 Å². The lowest BCUT2D eigenvalue weighted by Gasteiger charge is -2.39. The van der Waals surface area contributed by atoms with Gasteiger partial charge in [0, 0.05) is 24.3 Å². The number of aryl methyl sites for hydroxylation is 2. The highest BCUT2D eigenvalue weighted by atomic mass is 32.2. The summed E-state index contributed by atoms with van der Waals surface area (Å²) in [7, 11) is -3.45. The summed E-state index contributed by atoms with van der Waals surface area (Å²) in [4.78, 5) is 2.79. The highest BCUT2D eigenvalue weighted by Crippen LogP contribution is 2.31. The minimum absolute atomic E-state index is 0.242. The van der Waals surface area contributed by atoms with Crippen LogP contribution in [0.25, 0.3) is 0 Å². The van der Waals surface area contributed by atoms with Crippen molar-refractivity contribution >= 4 is 15.7 Å². The zero-order valence-electron chi connectivity index (χ0n) is 16.8. The smallest absolute Gasteiger partial charge is 0.244 e. The summed E-state index contributed by atoms with van der Waals surface area (Å²) in [5.41, 5.74) is 4.39. The SMILES string of the molecule is CCn1nc(C)c(CN2CCC([C@@H]3Nc4ccccc4S(=O)(=O)N3)CC2)c1C. The van der Waals surface area contributed by atoms with E-state index in [1.807, 2.05) is 12.1 Å². The van der Waals surface area contributed by atoms with Gasteiger partial charge >= 0.3 is 0 Å². The van der Waals surface area contributed by atoms with Gasteiger partial charge in [0.1, 0.15) is 4.90 Å². The number of benzene rings is 1. The summed E-state index contributed by atoms with van der Waals surface area (Å²) in [6.45, 7) is 10.1. The first-order chi connectivity index (χ1) is 13.4. The van der Waals surface area contributed by atoms with Crippen LogP contribution in [0.1, 0.15) is 36.7 Å². The fraction of sp³-hybridized carbons (Fsp3) is 0.550. The molecule has 0 radical (unpaired) electrons. The standard InChI is InChI=1S/C20H29N5O2S/c1-4-25-15(3)17(14(2)22-25)13-24-11-9-16(10-12-24)20-21-18-7-5-6-8-19(18)28(26,27)23-20/h5-8,16,20-21,23H,4,9-13H2,1-3H3/t20-/m1/s1. The van der Waals surface area contributed by atoms with Gasteiger partial charge in [0.25, 0.3) is 0 Å². The maximum absolute atomic E-state index is 12.6. The van der Waals surface area contributed by atoms with Gasteiger partial charge in [-0.1, -0.05) is 12.1 Å². The highest BCUT2D eigenvalue weighted by molar-refractivity contribution is 7.89. The van der Waals surface area contributed by atoms with Crippen LogP contribution in [0.5, 0.6) is 0 Å². The Kier molecular flexibility index (Phi) is 5.20. The maximum Gasteiger partial charge on any atom is 0.244 e. The van der Waals surface area contributed by atoms with Crippen LogP contribution in [0, 0.1) is 19.8 Å². The first kappa shape index (κ1) is 19.4. The van der Waals surface area contributed by atoms with Crippen LogP contribution in [0.15, 0.2) is 29.2 Å². The van der Waals surface area contributed by atoms with Gasteiger partial charge in [-0.05, 0) is 64.8 Å². The quantitative estimate of drug-likeness (QED) is 0.820. The Morgan fingerprint density at radius 3 is 2.57 bits per heavy atom. The molecule has 8 heteroatoms. The van der Waals surface area contributed by atoms with Crippen molar-refractivity contribution in [2.75, 3.05) is 18.4 Å². The summed E-state index contributed by atoms with van der Waals surface area (Å²) >= 11 is 0. The number of likely N-dealkylation sites (tertiary alicyclic amines) is 1. The Morgan fingerprint density at radius 1 is 1.18 bits per heavy atom. The second-order valence-electron chi connectivity index (χ2n) is 7.82. The first-order valence-corrected chi connectivity index (χ1v) is 11.5. The molecule has 7 nitrogen and oxygen atoms in total. The number of nitrogens with one attached hydrogen (secondary N) is 2. The van der Waals surface area contributed by atoms with Gasteiger partial charge < -0.3 is 5.32 Å². The molecule has 4 rings (SSSR count). The van der Waals surface area contributed by atoms with Crippen molar-refractivity contribution in [3.8, 4) is 0 Å². The molecule has 0 saturated carbocycles. The van der Waals surface area contributed by atoms with E-state index in [1.54, 1.807) is 12.1 Å². The third-order valence-electron chi connectivity index (χ3n) is 6.09. The molecular formula is C20H29N5O2S. The van der Waals surface area contributed by atoms with Gasteiger partial charge in [0.05, 0.1) is 17.5 Å². The predicted molar refractivity (Wildman–Crippen MR) is 110 cm³/mol. The molecule has 1 atom stereocenters. The van der Waals surface area contributed by atoms with Gasteiger partial charge in [0.15, 0.2) is 0 Å². The van der Waals surface area contributed by atoms with E-state index in [9.17, 15) is 8.42 Å². The normalized spacial score (nSPS) is 22.6. The molecule has 3 heterocycles. The molecule has 1 saturated heterocycles. The van der Waals surface area contributed by atoms with Crippen molar-refractivity contribution in [3.63, 3.8) is 0 Å². The summed E-state index contributed by atoms with van der Waals surface area (Å²) in [5, 5.41) is 8.02. The number of rotatable bonds is 4. The molecule has 0 aliphatic carbocycles. The molecule has 2 aliphatic rings. The molecule has 1 aromatic carbocycles. The molecule has 2 aliphatic heterocycles. The van der Waals surface area contributed by atoms with Crippen molar-refractivity contribution < 1.29 is 8.42 Å². The van der Waals surface area contributed by atoms with E-state index < -0.39 is 10.0 Å². The van der Waals surface area contributed by atoms with Crippen molar-refractivity contribution in [3.05, 3.63) is 41.2 Å². The minimum Gasteiger partial charge on any atom is -0.368 e. The Labute approximate surface area is 167 Å². The largest absolute Gasteiger partial charge is 0.368 e. The zero-order valence-corrected chi connectivity index (χ0v) is 17.6. The van der Waals surface area contributed by atoms with Crippen molar-refractivity contribution in [1.29, 1.82) is 0 Å². The van der Waals surface area contributed by atoms with E-state index >= 15 is 0 Å². The van der Waals surface area contributed by atoms with Crippen LogP contribution in [-0.2, 0) is 23.1 Å². The molecule has 0 bridgehead atoms. The summed E-state index contributed by atoms with van der Waals surface area (Å²) in [6.07, 6.45) is 1.68. The van der Waals surface area contributed by atoms with Crippen LogP contribution < -0.4 is 10.0 Å². The van der Waals surface area contributed by atoms with Gasteiger partial charge in [-0.15, -0.1) is 0 Å². The third kappa shape index (κ3) is 3.56. The average Bonchev–Trinajstić information content (AvgIpc) is 2.95. The van der Waals surface area contributed by atoms with E-state index in [2.05, 4.69) is 45.5 Å². The van der Waals surface area contributed by atoms with Gasteiger partial charge in [-0.25, -0.2) is 8.42 Å². The third-order valence-corrected chi connectivity index (χ3v) is 7.59. The van der Waals surface area contributed by atoms with Crippen LogP contribution >= 0.6 is 0 Å². The lowest BCUT2D eigenvalue weighted by molar-refractivity contribution is 0.163. The lowest BCUT2D eigenvalue weighted by atomic mass is 9.93. The number of sulfonamides is 1. The second-order valence-corrected chi connectivity index (χ2v) is 9.50. The minimum atomic E-state index is -3.45. The molecule has 0 amide bonds. The lowest BCUT2D eigenvalue weighted by Crippen LogP contribution is -2.51. The van der Waals surface area contributed by atoms with Crippen LogP contribution in [0.2, 0.25) is 0 Å². The van der Waals surface area contributed by atoms with E-state index in [0.717, 1.165) is 44.7 Å². The number of hydrogen-bond donors (Lipinski definition) is 2. The number of aromatic nitrogens is 2. The second kappa shape index (κ2) is 7.50. The summed E-state index contributed by atoms with van der Waals surface area (Å²) < 4.78 is 30.0. The number of para-hydroxylation sites is 1. The number of hydrogen-bond acceptors (Lipinski definition) is 5. The molecule has 0 unspecified atom stereocenters. The fourth-order valence-corrected chi connectivity index (χ4v) is 5.79. The molecule has 152 valence electrons. The van der Waals surface area contributed by atoms with E-state index in [0.29, 0.717) is 10.6 Å². The molecule has 28 heavy (non-hydrogen) atoms. The van der Waals surface area contributed by atoms with Crippen molar-refractivity contribution in [2.24, 2.45) is 5.92 Å². The summed E-state index contributed by atoms with van der Waals surface area (Å²) in [5.74, 6) is 0.278. The number of piperidine rings is 1. The van der Waals surface area contributed by atoms with E-state index in [-0.39, 0.29) is 12.1 Å². The summed E-state index contributed by atoms with van der Waals surface area (Å²) in [6, 6.07) is 7.11. The van der Waals surface area contributed by atoms with Gasteiger partial charge in [-0.3, -0.25) is 9.58 Å². The van der Waals surface area contributed by atoms with Crippen LogP contribution in [0.4, 0.5) is 5.69 Å². The average molecular weight is 404 g/mol. The Bertz CT molecular complexity index is 961. The van der Waals surface area contributed by atoms with Gasteiger partial charge in [0.2, 0.25) is 10.0 Å². The molecule has 0 spiro atoms. The molecular weight excluding hydrogens is 374 g/mol. The topological polar surface area (TPSA) is 79.3 Å². The Hall–Kier alpha value is -1.90. The highest BCUT2D eigenvalue weighted by Gasteiger charge is 2.35. The van der Waals surface area contributed by atoms with E-state index in [4.69, 9.17) is 0 Å². The molecule has 2 N–H and O–H groups in total.